The van der Waals surface area contributed by atoms with Gasteiger partial charge in [0.1, 0.15) is 0 Å². The predicted molar refractivity (Wildman–Crippen MR) is 89.9 cm³/mol. The lowest BCUT2D eigenvalue weighted by molar-refractivity contribution is 0.581. The molecular formula is C12H10Br2ClNO2S2. The molecule has 3 nitrogen and oxygen atoms in total. The van der Waals surface area contributed by atoms with Gasteiger partial charge < -0.3 is 0 Å². The molecule has 8 heteroatoms. The summed E-state index contributed by atoms with van der Waals surface area (Å²) >= 11 is 13.8. The van der Waals surface area contributed by atoms with Crippen molar-refractivity contribution >= 4 is 64.8 Å². The van der Waals surface area contributed by atoms with Crippen molar-refractivity contribution in [2.45, 2.75) is 18.4 Å². The third-order valence-corrected chi connectivity index (χ3v) is 7.01. The Kier molecular flexibility index (Phi) is 5.31. The van der Waals surface area contributed by atoms with Crippen LogP contribution in [0.2, 0.25) is 4.34 Å². The molecule has 1 aromatic carbocycles. The summed E-state index contributed by atoms with van der Waals surface area (Å²) in [5.41, 5.74) is 0.959. The minimum Gasteiger partial charge on any atom is -0.207 e. The van der Waals surface area contributed by atoms with Crippen LogP contribution >= 0.6 is 54.8 Å². The van der Waals surface area contributed by atoms with E-state index in [0.29, 0.717) is 8.81 Å². The summed E-state index contributed by atoms with van der Waals surface area (Å²) in [5.74, 6) is 0. The fourth-order valence-electron chi connectivity index (χ4n) is 1.52. The van der Waals surface area contributed by atoms with E-state index >= 15 is 0 Å². The van der Waals surface area contributed by atoms with Crippen LogP contribution in [0.1, 0.15) is 10.4 Å². The number of thiophene rings is 1. The summed E-state index contributed by atoms with van der Waals surface area (Å²) in [6.07, 6.45) is 0. The third-order valence-electron chi connectivity index (χ3n) is 2.57. The number of sulfonamides is 1. The number of rotatable bonds is 4. The summed E-state index contributed by atoms with van der Waals surface area (Å²) < 4.78 is 29.1. The van der Waals surface area contributed by atoms with E-state index in [4.69, 9.17) is 11.6 Å². The molecule has 20 heavy (non-hydrogen) atoms. The molecule has 0 aliphatic rings. The molecule has 0 saturated carbocycles. The van der Waals surface area contributed by atoms with Crippen LogP contribution in [0.15, 0.2) is 38.1 Å². The van der Waals surface area contributed by atoms with Gasteiger partial charge in [0.05, 0.1) is 9.23 Å². The van der Waals surface area contributed by atoms with Crippen LogP contribution < -0.4 is 4.72 Å². The molecule has 0 fully saturated rings. The maximum atomic E-state index is 12.3. The molecule has 0 unspecified atom stereocenters. The molecule has 108 valence electrons. The summed E-state index contributed by atoms with van der Waals surface area (Å²) in [4.78, 5) is 1.07. The molecule has 1 aromatic heterocycles. The molecule has 0 saturated heterocycles. The molecule has 0 aliphatic heterocycles. The van der Waals surface area contributed by atoms with Gasteiger partial charge in [-0.05, 0) is 52.7 Å². The lowest BCUT2D eigenvalue weighted by Gasteiger charge is -2.09. The number of hydrogen-bond donors (Lipinski definition) is 1. The van der Waals surface area contributed by atoms with Gasteiger partial charge in [0.25, 0.3) is 0 Å². The molecule has 0 bridgehead atoms. The lowest BCUT2D eigenvalue weighted by Crippen LogP contribution is -2.23. The van der Waals surface area contributed by atoms with Crippen LogP contribution in [0.25, 0.3) is 0 Å². The molecule has 2 aromatic rings. The second kappa shape index (κ2) is 6.46. The predicted octanol–water partition coefficient (Wildman–Crippen LogP) is 4.71. The van der Waals surface area contributed by atoms with Crippen molar-refractivity contribution in [1.29, 1.82) is 0 Å². The topological polar surface area (TPSA) is 46.2 Å². The fourth-order valence-corrected chi connectivity index (χ4v) is 5.32. The fraction of sp³-hybridized carbons (Fsp3) is 0.167. The lowest BCUT2D eigenvalue weighted by atomic mass is 10.2. The van der Waals surface area contributed by atoms with E-state index in [-0.39, 0.29) is 11.4 Å². The maximum absolute atomic E-state index is 12.3. The second-order valence-corrected chi connectivity index (χ2v) is 9.31. The summed E-state index contributed by atoms with van der Waals surface area (Å²) in [7, 11) is -3.58. The molecule has 0 amide bonds. The minimum absolute atomic E-state index is 0.206. The highest BCUT2D eigenvalue weighted by Crippen LogP contribution is 2.29. The zero-order valence-corrected chi connectivity index (χ0v) is 15.8. The molecule has 1 heterocycles. The van der Waals surface area contributed by atoms with Crippen molar-refractivity contribution in [2.24, 2.45) is 0 Å². The third kappa shape index (κ3) is 3.84. The Balaban J connectivity index is 2.24. The van der Waals surface area contributed by atoms with Crippen molar-refractivity contribution in [2.75, 3.05) is 0 Å². The van der Waals surface area contributed by atoms with E-state index in [9.17, 15) is 8.42 Å². The maximum Gasteiger partial charge on any atom is 0.242 e. The highest BCUT2D eigenvalue weighted by Gasteiger charge is 2.19. The summed E-state index contributed by atoms with van der Waals surface area (Å²) in [6.45, 7) is 2.12. The van der Waals surface area contributed by atoms with Crippen LogP contribution in [0.4, 0.5) is 0 Å². The molecule has 2 rings (SSSR count). The Hall–Kier alpha value is 0.0800. The van der Waals surface area contributed by atoms with Gasteiger partial charge >= 0.3 is 0 Å². The van der Waals surface area contributed by atoms with E-state index in [2.05, 4.69) is 36.6 Å². The zero-order valence-electron chi connectivity index (χ0n) is 10.3. The number of nitrogens with one attached hydrogen (secondary N) is 1. The largest absolute Gasteiger partial charge is 0.242 e. The molecule has 0 atom stereocenters. The Labute approximate surface area is 143 Å². The Morgan fingerprint density at radius 1 is 1.25 bits per heavy atom. The average molecular weight is 460 g/mol. The molecule has 0 radical (unpaired) electrons. The smallest absolute Gasteiger partial charge is 0.207 e. The van der Waals surface area contributed by atoms with Gasteiger partial charge in [-0.25, -0.2) is 13.1 Å². The quantitative estimate of drug-likeness (QED) is 0.720. The van der Waals surface area contributed by atoms with Gasteiger partial charge in [-0.1, -0.05) is 27.5 Å². The van der Waals surface area contributed by atoms with Crippen molar-refractivity contribution < 1.29 is 8.42 Å². The molecule has 0 spiro atoms. The van der Waals surface area contributed by atoms with Gasteiger partial charge in [-0.3, -0.25) is 0 Å². The Bertz CT molecular complexity index is 744. The highest BCUT2D eigenvalue weighted by molar-refractivity contribution is 9.11. The van der Waals surface area contributed by atoms with Crippen molar-refractivity contribution in [1.82, 2.24) is 4.72 Å². The standard InChI is InChI=1S/C12H10Br2ClNO2S2/c1-7-4-10(14)11(5-9(7)13)20(17,18)16-6-8-2-3-12(15)19-8/h2-5,16H,6H2,1H3. The van der Waals surface area contributed by atoms with Crippen molar-refractivity contribution in [3.8, 4) is 0 Å². The van der Waals surface area contributed by atoms with Gasteiger partial charge in [-0.2, -0.15) is 0 Å². The van der Waals surface area contributed by atoms with Crippen LogP contribution in [-0.2, 0) is 16.6 Å². The van der Waals surface area contributed by atoms with E-state index in [0.717, 1.165) is 14.9 Å². The first kappa shape index (κ1) is 16.5. The first-order chi connectivity index (χ1) is 9.29. The first-order valence-corrected chi connectivity index (χ1v) is 9.75. The van der Waals surface area contributed by atoms with Crippen LogP contribution in [0.5, 0.6) is 0 Å². The van der Waals surface area contributed by atoms with E-state index in [1.807, 2.05) is 6.92 Å². The summed E-state index contributed by atoms with van der Waals surface area (Å²) in [5, 5.41) is 0. The molecule has 0 aliphatic carbocycles. The van der Waals surface area contributed by atoms with Crippen LogP contribution in [0, 0.1) is 6.92 Å². The number of aryl methyl sites for hydroxylation is 1. The zero-order chi connectivity index (χ0) is 14.9. The van der Waals surface area contributed by atoms with E-state index in [1.54, 1.807) is 24.3 Å². The van der Waals surface area contributed by atoms with E-state index in [1.165, 1.54) is 11.3 Å². The van der Waals surface area contributed by atoms with Gasteiger partial charge in [0.15, 0.2) is 0 Å². The van der Waals surface area contributed by atoms with Crippen molar-refractivity contribution in [3.05, 3.63) is 48.0 Å². The van der Waals surface area contributed by atoms with Gasteiger partial charge in [0.2, 0.25) is 10.0 Å². The van der Waals surface area contributed by atoms with Crippen molar-refractivity contribution in [3.63, 3.8) is 0 Å². The monoisotopic (exact) mass is 457 g/mol. The normalized spacial score (nSPS) is 11.8. The Morgan fingerprint density at radius 3 is 2.55 bits per heavy atom. The van der Waals surface area contributed by atoms with Crippen LogP contribution in [0.3, 0.4) is 0 Å². The molecule has 1 N–H and O–H groups in total. The average Bonchev–Trinajstić information content (AvgIpc) is 2.77. The number of halogens is 3. The van der Waals surface area contributed by atoms with Gasteiger partial charge in [-0.15, -0.1) is 11.3 Å². The Morgan fingerprint density at radius 2 is 1.95 bits per heavy atom. The summed E-state index contributed by atoms with van der Waals surface area (Å²) in [6, 6.07) is 6.90. The minimum atomic E-state index is -3.58. The highest BCUT2D eigenvalue weighted by atomic mass is 79.9. The molecular weight excluding hydrogens is 450 g/mol. The van der Waals surface area contributed by atoms with Crippen LogP contribution in [-0.4, -0.2) is 8.42 Å². The van der Waals surface area contributed by atoms with Gasteiger partial charge in [0, 0.05) is 20.4 Å². The van der Waals surface area contributed by atoms with E-state index < -0.39 is 10.0 Å². The number of hydrogen-bond acceptors (Lipinski definition) is 3. The first-order valence-electron chi connectivity index (χ1n) is 5.49. The second-order valence-electron chi connectivity index (χ2n) is 4.06. The number of benzene rings is 1. The SMILES string of the molecule is Cc1cc(Br)c(S(=O)(=O)NCc2ccc(Cl)s2)cc1Br.